The molecule has 2 aliphatic rings. The molecule has 0 aliphatic carbocycles. The highest BCUT2D eigenvalue weighted by atomic mass is 19.4. The Morgan fingerprint density at radius 2 is 1.75 bits per heavy atom. The SMILES string of the molecule is CC1(C)OB(c2ccc(C3CCOC3)nc2C(F)(F)F)OC1(C)C. The van der Waals surface area contributed by atoms with Gasteiger partial charge in [-0.1, -0.05) is 6.07 Å². The molecule has 132 valence electrons. The van der Waals surface area contributed by atoms with Crippen LogP contribution in [0, 0.1) is 0 Å². The van der Waals surface area contributed by atoms with E-state index in [1.807, 2.05) is 0 Å². The van der Waals surface area contributed by atoms with E-state index in [0.717, 1.165) is 0 Å². The second kappa shape index (κ2) is 5.71. The van der Waals surface area contributed by atoms with E-state index in [-0.39, 0.29) is 11.4 Å². The van der Waals surface area contributed by atoms with Crippen LogP contribution in [0.4, 0.5) is 13.2 Å². The minimum Gasteiger partial charge on any atom is -0.399 e. The van der Waals surface area contributed by atoms with Crippen molar-refractivity contribution in [2.45, 2.75) is 57.4 Å². The molecule has 2 fully saturated rings. The standard InChI is InChI=1S/C16H21BF3NO3/c1-14(2)15(3,4)24-17(23-14)11-5-6-12(10-7-8-22-9-10)21-13(11)16(18,19)20/h5-6,10H,7-9H2,1-4H3. The largest absolute Gasteiger partial charge is 0.497 e. The molecule has 2 aliphatic heterocycles. The first-order chi connectivity index (χ1) is 11.0. The Balaban J connectivity index is 1.99. The van der Waals surface area contributed by atoms with Crippen molar-refractivity contribution in [3.63, 3.8) is 0 Å². The molecule has 1 unspecified atom stereocenters. The number of hydrogen-bond acceptors (Lipinski definition) is 4. The highest BCUT2D eigenvalue weighted by Gasteiger charge is 2.54. The van der Waals surface area contributed by atoms with Crippen LogP contribution in [0.25, 0.3) is 0 Å². The lowest BCUT2D eigenvalue weighted by molar-refractivity contribution is -0.140. The van der Waals surface area contributed by atoms with Crippen LogP contribution in [0.15, 0.2) is 12.1 Å². The molecule has 1 aromatic heterocycles. The molecule has 1 aromatic rings. The van der Waals surface area contributed by atoms with Gasteiger partial charge in [-0.3, -0.25) is 0 Å². The predicted octanol–water partition coefficient (Wildman–Crippen LogP) is 2.90. The molecular formula is C16H21BF3NO3. The summed E-state index contributed by atoms with van der Waals surface area (Å²) in [6.07, 6.45) is -3.89. The lowest BCUT2D eigenvalue weighted by Crippen LogP contribution is -2.41. The van der Waals surface area contributed by atoms with Gasteiger partial charge in [0.1, 0.15) is 5.69 Å². The molecule has 4 nitrogen and oxygen atoms in total. The number of rotatable bonds is 2. The van der Waals surface area contributed by atoms with Crippen molar-refractivity contribution >= 4 is 12.6 Å². The van der Waals surface area contributed by atoms with Gasteiger partial charge in [0.2, 0.25) is 0 Å². The minimum atomic E-state index is -4.57. The second-order valence-corrected chi connectivity index (χ2v) is 7.32. The lowest BCUT2D eigenvalue weighted by atomic mass is 9.77. The highest BCUT2D eigenvalue weighted by molar-refractivity contribution is 6.62. The molecule has 3 rings (SSSR count). The highest BCUT2D eigenvalue weighted by Crippen LogP contribution is 2.38. The number of pyridine rings is 1. The number of hydrogen-bond donors (Lipinski definition) is 0. The van der Waals surface area contributed by atoms with E-state index in [1.165, 1.54) is 6.07 Å². The van der Waals surface area contributed by atoms with E-state index in [0.29, 0.717) is 25.3 Å². The van der Waals surface area contributed by atoms with Crippen molar-refractivity contribution in [3.05, 3.63) is 23.5 Å². The van der Waals surface area contributed by atoms with Crippen LogP contribution in [0.5, 0.6) is 0 Å². The van der Waals surface area contributed by atoms with Crippen molar-refractivity contribution in [1.29, 1.82) is 0 Å². The first-order valence-corrected chi connectivity index (χ1v) is 8.03. The number of ether oxygens (including phenoxy) is 1. The summed E-state index contributed by atoms with van der Waals surface area (Å²) in [4.78, 5) is 3.90. The summed E-state index contributed by atoms with van der Waals surface area (Å²) in [6.45, 7) is 8.17. The fourth-order valence-electron chi connectivity index (χ4n) is 2.87. The van der Waals surface area contributed by atoms with E-state index < -0.39 is 30.2 Å². The molecule has 24 heavy (non-hydrogen) atoms. The van der Waals surface area contributed by atoms with Crippen molar-refractivity contribution in [1.82, 2.24) is 4.98 Å². The molecule has 0 bridgehead atoms. The van der Waals surface area contributed by atoms with Crippen molar-refractivity contribution in [2.75, 3.05) is 13.2 Å². The smallest absolute Gasteiger partial charge is 0.399 e. The monoisotopic (exact) mass is 343 g/mol. The molecule has 0 amide bonds. The Morgan fingerprint density at radius 3 is 2.25 bits per heavy atom. The predicted molar refractivity (Wildman–Crippen MR) is 83.1 cm³/mol. The van der Waals surface area contributed by atoms with E-state index in [4.69, 9.17) is 14.0 Å². The van der Waals surface area contributed by atoms with E-state index in [2.05, 4.69) is 4.98 Å². The van der Waals surface area contributed by atoms with Crippen molar-refractivity contribution in [3.8, 4) is 0 Å². The summed E-state index contributed by atoms with van der Waals surface area (Å²) in [5, 5.41) is 0. The summed E-state index contributed by atoms with van der Waals surface area (Å²) in [6, 6.07) is 3.04. The topological polar surface area (TPSA) is 40.6 Å². The Labute approximate surface area is 139 Å². The third kappa shape index (κ3) is 3.07. The first kappa shape index (κ1) is 17.7. The van der Waals surface area contributed by atoms with Gasteiger partial charge in [0.25, 0.3) is 0 Å². The van der Waals surface area contributed by atoms with Gasteiger partial charge < -0.3 is 14.0 Å². The van der Waals surface area contributed by atoms with Crippen LogP contribution in [0.2, 0.25) is 0 Å². The molecule has 8 heteroatoms. The van der Waals surface area contributed by atoms with Crippen LogP contribution in [0.1, 0.15) is 51.4 Å². The molecular weight excluding hydrogens is 322 g/mol. The van der Waals surface area contributed by atoms with E-state index in [1.54, 1.807) is 33.8 Å². The van der Waals surface area contributed by atoms with Crippen LogP contribution in [-0.4, -0.2) is 36.5 Å². The number of nitrogens with zero attached hydrogens (tertiary/aromatic N) is 1. The second-order valence-electron chi connectivity index (χ2n) is 7.32. The Morgan fingerprint density at radius 1 is 1.12 bits per heavy atom. The fourth-order valence-corrected chi connectivity index (χ4v) is 2.87. The molecule has 0 N–H and O–H groups in total. The first-order valence-electron chi connectivity index (χ1n) is 8.03. The van der Waals surface area contributed by atoms with Gasteiger partial charge in [-0.25, -0.2) is 4.98 Å². The normalized spacial score (nSPS) is 26.1. The van der Waals surface area contributed by atoms with Crippen molar-refractivity contribution < 1.29 is 27.2 Å². The average Bonchev–Trinajstić information content (AvgIpc) is 3.04. The minimum absolute atomic E-state index is 0.0798. The number of aromatic nitrogens is 1. The summed E-state index contributed by atoms with van der Waals surface area (Å²) >= 11 is 0. The maximum atomic E-state index is 13.5. The zero-order valence-corrected chi connectivity index (χ0v) is 14.2. The third-order valence-electron chi connectivity index (χ3n) is 5.07. The maximum absolute atomic E-state index is 13.5. The van der Waals surface area contributed by atoms with Crippen molar-refractivity contribution in [2.24, 2.45) is 0 Å². The average molecular weight is 343 g/mol. The van der Waals surface area contributed by atoms with Gasteiger partial charge in [0.15, 0.2) is 0 Å². The van der Waals surface area contributed by atoms with Gasteiger partial charge in [0, 0.05) is 23.7 Å². The zero-order valence-electron chi connectivity index (χ0n) is 14.2. The number of halogens is 3. The van der Waals surface area contributed by atoms with Gasteiger partial charge in [-0.2, -0.15) is 13.2 Å². The van der Waals surface area contributed by atoms with E-state index >= 15 is 0 Å². The van der Waals surface area contributed by atoms with Gasteiger partial charge in [0.05, 0.1) is 17.8 Å². The van der Waals surface area contributed by atoms with Gasteiger partial charge in [-0.05, 0) is 40.2 Å². The molecule has 0 spiro atoms. The van der Waals surface area contributed by atoms with E-state index in [9.17, 15) is 13.2 Å². The Kier molecular flexibility index (Phi) is 4.21. The van der Waals surface area contributed by atoms with Crippen LogP contribution in [-0.2, 0) is 20.2 Å². The summed E-state index contributed by atoms with van der Waals surface area (Å²) in [7, 11) is -1.09. The molecule has 2 saturated heterocycles. The quantitative estimate of drug-likeness (QED) is 0.775. The zero-order chi connectivity index (χ0) is 17.8. The van der Waals surface area contributed by atoms with Crippen LogP contribution >= 0.6 is 0 Å². The molecule has 1 atom stereocenters. The molecule has 0 saturated carbocycles. The molecule has 0 aromatic carbocycles. The number of alkyl halides is 3. The summed E-state index contributed by atoms with van der Waals surface area (Å²) < 4.78 is 57.4. The van der Waals surface area contributed by atoms with Gasteiger partial charge in [-0.15, -0.1) is 0 Å². The Bertz CT molecular complexity index is 611. The summed E-state index contributed by atoms with van der Waals surface area (Å²) in [5.41, 5.74) is -2.04. The van der Waals surface area contributed by atoms with Crippen LogP contribution < -0.4 is 5.46 Å². The van der Waals surface area contributed by atoms with Gasteiger partial charge >= 0.3 is 13.3 Å². The summed E-state index contributed by atoms with van der Waals surface area (Å²) in [5.74, 6) is -0.0987. The van der Waals surface area contributed by atoms with Crippen LogP contribution in [0.3, 0.4) is 0 Å². The lowest BCUT2D eigenvalue weighted by Gasteiger charge is -2.32. The third-order valence-corrected chi connectivity index (χ3v) is 5.07. The maximum Gasteiger partial charge on any atom is 0.497 e. The fraction of sp³-hybridized carbons (Fsp3) is 0.688. The molecule has 3 heterocycles. The Hall–Kier alpha value is -1.12. The molecule has 0 radical (unpaired) electrons.